The Balaban J connectivity index is 2.16. The number of ether oxygens (including phenoxy) is 2. The molecule has 16 heavy (non-hydrogen) atoms. The quantitative estimate of drug-likeness (QED) is 0.731. The number of hydrogen-bond donors (Lipinski definition) is 0. The fourth-order valence-corrected chi connectivity index (χ4v) is 1.89. The lowest BCUT2D eigenvalue weighted by molar-refractivity contribution is -0.182. The molecule has 0 unspecified atom stereocenters. The molecule has 1 aliphatic heterocycles. The summed E-state index contributed by atoms with van der Waals surface area (Å²) in [5.74, 6) is -0.583. The third-order valence-electron chi connectivity index (χ3n) is 2.81. The number of carbonyl (C=O) groups is 1. The zero-order chi connectivity index (χ0) is 11.6. The van der Waals surface area contributed by atoms with Crippen LogP contribution < -0.4 is 0 Å². The lowest BCUT2D eigenvalue weighted by Crippen LogP contribution is -2.51. The van der Waals surface area contributed by atoms with Crippen molar-refractivity contribution in [3.63, 3.8) is 0 Å². The molecule has 0 bridgehead atoms. The van der Waals surface area contributed by atoms with Crippen molar-refractivity contribution < 1.29 is 18.7 Å². The van der Waals surface area contributed by atoms with Gasteiger partial charge in [-0.2, -0.15) is 0 Å². The molecule has 0 aliphatic carbocycles. The molecule has 1 fully saturated rings. The van der Waals surface area contributed by atoms with Gasteiger partial charge < -0.3 is 9.47 Å². The van der Waals surface area contributed by atoms with Crippen LogP contribution in [-0.4, -0.2) is 26.3 Å². The number of methoxy groups -OCH3 is 1. The Labute approximate surface area is 93.2 Å². The fraction of sp³-hybridized carbons (Fsp3) is 0.417. The van der Waals surface area contributed by atoms with Crippen LogP contribution in [-0.2, 0) is 20.7 Å². The summed E-state index contributed by atoms with van der Waals surface area (Å²) in [4.78, 5) is 11.6. The molecule has 2 rings (SSSR count). The van der Waals surface area contributed by atoms with E-state index in [1.165, 1.54) is 19.2 Å². The van der Waals surface area contributed by atoms with Crippen molar-refractivity contribution in [2.75, 3.05) is 20.3 Å². The van der Waals surface area contributed by atoms with Crippen LogP contribution >= 0.6 is 0 Å². The Morgan fingerprint density at radius 1 is 1.56 bits per heavy atom. The van der Waals surface area contributed by atoms with E-state index < -0.39 is 5.41 Å². The molecule has 0 amide bonds. The van der Waals surface area contributed by atoms with Gasteiger partial charge in [0, 0.05) is 0 Å². The first kappa shape index (κ1) is 11.1. The van der Waals surface area contributed by atoms with Crippen LogP contribution in [0.5, 0.6) is 0 Å². The zero-order valence-corrected chi connectivity index (χ0v) is 9.03. The molecule has 1 heterocycles. The lowest BCUT2D eigenvalue weighted by Gasteiger charge is -2.38. The summed E-state index contributed by atoms with van der Waals surface area (Å²) in [7, 11) is 1.36. The second-order valence-electron chi connectivity index (χ2n) is 4.07. The van der Waals surface area contributed by atoms with Gasteiger partial charge in [-0.1, -0.05) is 12.1 Å². The van der Waals surface area contributed by atoms with E-state index in [1.54, 1.807) is 12.1 Å². The first-order chi connectivity index (χ1) is 7.66. The highest BCUT2D eigenvalue weighted by Crippen LogP contribution is 2.33. The number of benzene rings is 1. The topological polar surface area (TPSA) is 35.5 Å². The van der Waals surface area contributed by atoms with Crippen molar-refractivity contribution in [3.8, 4) is 0 Å². The van der Waals surface area contributed by atoms with Crippen LogP contribution in [0.4, 0.5) is 4.39 Å². The van der Waals surface area contributed by atoms with Crippen molar-refractivity contribution in [1.82, 2.24) is 0 Å². The molecule has 0 aromatic heterocycles. The highest BCUT2D eigenvalue weighted by Gasteiger charge is 2.47. The van der Waals surface area contributed by atoms with Gasteiger partial charge in [0.05, 0.1) is 20.3 Å². The van der Waals surface area contributed by atoms with Crippen LogP contribution in [0, 0.1) is 11.2 Å². The molecule has 4 heteroatoms. The maximum atomic E-state index is 13.0. The fourth-order valence-electron chi connectivity index (χ4n) is 1.89. The number of hydrogen-bond acceptors (Lipinski definition) is 3. The standard InChI is InChI=1S/C12H13FO3/c1-15-11(14)12(7-16-8-12)6-9-3-2-4-10(13)5-9/h2-5H,6-8H2,1H3. The Kier molecular flexibility index (Phi) is 2.92. The Bertz CT molecular complexity index is 399. The van der Waals surface area contributed by atoms with Crippen LogP contribution in [0.3, 0.4) is 0 Å². The number of carbonyl (C=O) groups excluding carboxylic acids is 1. The summed E-state index contributed by atoms with van der Waals surface area (Å²) in [6.07, 6.45) is 0.456. The molecule has 0 atom stereocenters. The lowest BCUT2D eigenvalue weighted by atomic mass is 9.80. The van der Waals surface area contributed by atoms with E-state index in [-0.39, 0.29) is 11.8 Å². The zero-order valence-electron chi connectivity index (χ0n) is 9.03. The molecular weight excluding hydrogens is 211 g/mol. The van der Waals surface area contributed by atoms with Gasteiger partial charge >= 0.3 is 5.97 Å². The molecule has 3 nitrogen and oxygen atoms in total. The SMILES string of the molecule is COC(=O)C1(Cc2cccc(F)c2)COC1. The van der Waals surface area contributed by atoms with E-state index in [9.17, 15) is 9.18 Å². The minimum absolute atomic E-state index is 0.289. The number of esters is 1. The van der Waals surface area contributed by atoms with E-state index >= 15 is 0 Å². The number of halogens is 1. The summed E-state index contributed by atoms with van der Waals surface area (Å²) >= 11 is 0. The third-order valence-corrected chi connectivity index (χ3v) is 2.81. The van der Waals surface area contributed by atoms with Gasteiger partial charge in [0.1, 0.15) is 11.2 Å². The van der Waals surface area contributed by atoms with Crippen molar-refractivity contribution in [2.24, 2.45) is 5.41 Å². The predicted octanol–water partition coefficient (Wildman–Crippen LogP) is 1.56. The second kappa shape index (κ2) is 4.22. The van der Waals surface area contributed by atoms with Gasteiger partial charge in [-0.05, 0) is 24.1 Å². The molecule has 0 N–H and O–H groups in total. The van der Waals surface area contributed by atoms with Crippen molar-refractivity contribution >= 4 is 5.97 Å². The van der Waals surface area contributed by atoms with Gasteiger partial charge in [-0.25, -0.2) is 4.39 Å². The van der Waals surface area contributed by atoms with Gasteiger partial charge in [-0.3, -0.25) is 4.79 Å². The van der Waals surface area contributed by atoms with Crippen molar-refractivity contribution in [2.45, 2.75) is 6.42 Å². The minimum atomic E-state index is -0.622. The van der Waals surface area contributed by atoms with E-state index in [2.05, 4.69) is 0 Å². The average Bonchev–Trinajstić information content (AvgIpc) is 2.22. The first-order valence-electron chi connectivity index (χ1n) is 5.07. The maximum Gasteiger partial charge on any atom is 0.316 e. The Morgan fingerprint density at radius 2 is 2.31 bits per heavy atom. The molecular formula is C12H13FO3. The summed E-state index contributed by atoms with van der Waals surface area (Å²) in [5.41, 5.74) is 0.163. The third kappa shape index (κ3) is 1.93. The van der Waals surface area contributed by atoms with E-state index in [0.29, 0.717) is 19.6 Å². The molecule has 0 radical (unpaired) electrons. The molecule has 86 valence electrons. The summed E-state index contributed by atoms with van der Waals surface area (Å²) in [5, 5.41) is 0. The van der Waals surface area contributed by atoms with Gasteiger partial charge in [0.25, 0.3) is 0 Å². The highest BCUT2D eigenvalue weighted by atomic mass is 19.1. The largest absolute Gasteiger partial charge is 0.468 e. The Morgan fingerprint density at radius 3 is 2.81 bits per heavy atom. The maximum absolute atomic E-state index is 13.0. The van der Waals surface area contributed by atoms with Crippen molar-refractivity contribution in [3.05, 3.63) is 35.6 Å². The van der Waals surface area contributed by atoms with Gasteiger partial charge in [0.15, 0.2) is 0 Å². The minimum Gasteiger partial charge on any atom is -0.468 e. The van der Waals surface area contributed by atoms with E-state index in [0.717, 1.165) is 5.56 Å². The predicted molar refractivity (Wildman–Crippen MR) is 55.4 cm³/mol. The van der Waals surface area contributed by atoms with Crippen LogP contribution in [0.2, 0.25) is 0 Å². The van der Waals surface area contributed by atoms with E-state index in [1.807, 2.05) is 0 Å². The molecule has 1 aromatic carbocycles. The van der Waals surface area contributed by atoms with Crippen LogP contribution in [0.1, 0.15) is 5.56 Å². The molecule has 1 aromatic rings. The molecule has 0 saturated carbocycles. The van der Waals surface area contributed by atoms with Gasteiger partial charge in [-0.15, -0.1) is 0 Å². The summed E-state index contributed by atoms with van der Waals surface area (Å²) < 4.78 is 22.8. The second-order valence-corrected chi connectivity index (χ2v) is 4.07. The smallest absolute Gasteiger partial charge is 0.316 e. The number of rotatable bonds is 3. The monoisotopic (exact) mass is 224 g/mol. The van der Waals surface area contributed by atoms with Crippen LogP contribution in [0.15, 0.2) is 24.3 Å². The Hall–Kier alpha value is -1.42. The summed E-state index contributed by atoms with van der Waals surface area (Å²) in [6.45, 7) is 0.687. The highest BCUT2D eigenvalue weighted by molar-refractivity contribution is 5.78. The van der Waals surface area contributed by atoms with E-state index in [4.69, 9.17) is 9.47 Å². The van der Waals surface area contributed by atoms with Crippen molar-refractivity contribution in [1.29, 1.82) is 0 Å². The molecule has 1 saturated heterocycles. The molecule has 1 aliphatic rings. The summed E-state index contributed by atoms with van der Waals surface area (Å²) in [6, 6.07) is 6.25. The average molecular weight is 224 g/mol. The van der Waals surface area contributed by atoms with Crippen LogP contribution in [0.25, 0.3) is 0 Å². The normalized spacial score (nSPS) is 17.6. The van der Waals surface area contributed by atoms with Gasteiger partial charge in [0.2, 0.25) is 0 Å². The molecule has 0 spiro atoms. The first-order valence-corrected chi connectivity index (χ1v) is 5.07.